The fraction of sp³-hybridized carbons (Fsp3) is 0.333. The molecule has 0 fully saturated rings. The number of carbonyl (C=O) groups is 1. The second kappa shape index (κ2) is 13.6. The lowest BCUT2D eigenvalue weighted by Crippen LogP contribution is -2.54. The van der Waals surface area contributed by atoms with Crippen LogP contribution in [0, 0.1) is 0 Å². The van der Waals surface area contributed by atoms with Crippen LogP contribution in [0.2, 0.25) is 0 Å². The first-order chi connectivity index (χ1) is 18.6. The summed E-state index contributed by atoms with van der Waals surface area (Å²) in [6.07, 6.45) is 2.21. The van der Waals surface area contributed by atoms with E-state index in [-0.39, 0.29) is 12.5 Å². The Hall–Kier alpha value is -3.20. The third-order valence-corrected chi connectivity index (χ3v) is 7.11. The second-order valence-electron chi connectivity index (χ2n) is 9.21. The second-order valence-corrected chi connectivity index (χ2v) is 10.1. The van der Waals surface area contributed by atoms with Crippen LogP contribution in [0.4, 0.5) is 0 Å². The van der Waals surface area contributed by atoms with Crippen molar-refractivity contribution in [1.82, 2.24) is 10.9 Å². The van der Waals surface area contributed by atoms with Crippen LogP contribution in [0.5, 0.6) is 5.75 Å². The molecule has 4 rings (SSSR count). The number of aliphatic imine (C=N–C) groups is 1. The minimum atomic E-state index is -1.25. The van der Waals surface area contributed by atoms with Crippen LogP contribution in [-0.2, 0) is 16.0 Å². The Bertz CT molecular complexity index is 1220. The lowest BCUT2D eigenvalue weighted by Gasteiger charge is -2.31. The molecule has 1 amide bonds. The summed E-state index contributed by atoms with van der Waals surface area (Å²) in [5.41, 5.74) is 7.31. The van der Waals surface area contributed by atoms with Gasteiger partial charge in [-0.05, 0) is 42.3 Å². The van der Waals surface area contributed by atoms with Gasteiger partial charge < -0.3 is 14.6 Å². The van der Waals surface area contributed by atoms with Crippen LogP contribution in [0.25, 0.3) is 0 Å². The first-order valence-electron chi connectivity index (χ1n) is 13.0. The SMILES string of the molecule is CCCCNNC(=O)[C@@]1(Cc2ccccc2)N=C(c2ccc(OCCCO)cc2)O[C@H]1c1ccccc1Br. The Labute approximate surface area is 232 Å². The number of halogens is 1. The van der Waals surface area contributed by atoms with E-state index in [4.69, 9.17) is 19.6 Å². The largest absolute Gasteiger partial charge is 0.494 e. The molecule has 3 aromatic carbocycles. The predicted octanol–water partition coefficient (Wildman–Crippen LogP) is 5.13. The lowest BCUT2D eigenvalue weighted by atomic mass is 9.82. The van der Waals surface area contributed by atoms with Crippen LogP contribution in [0.1, 0.15) is 49.0 Å². The molecule has 0 saturated carbocycles. The van der Waals surface area contributed by atoms with E-state index in [9.17, 15) is 4.79 Å². The third-order valence-electron chi connectivity index (χ3n) is 6.39. The number of hydrazine groups is 1. The molecule has 1 heterocycles. The number of rotatable bonds is 13. The summed E-state index contributed by atoms with van der Waals surface area (Å²) in [5, 5.41) is 9.00. The van der Waals surface area contributed by atoms with Crippen molar-refractivity contribution in [3.63, 3.8) is 0 Å². The molecule has 0 radical (unpaired) electrons. The number of ether oxygens (including phenoxy) is 2. The summed E-state index contributed by atoms with van der Waals surface area (Å²) in [4.78, 5) is 19.0. The molecular weight excluding hydrogens is 546 g/mol. The minimum Gasteiger partial charge on any atom is -0.494 e. The van der Waals surface area contributed by atoms with Gasteiger partial charge >= 0.3 is 0 Å². The monoisotopic (exact) mass is 579 g/mol. The van der Waals surface area contributed by atoms with Gasteiger partial charge in [-0.1, -0.05) is 77.8 Å². The Morgan fingerprint density at radius 3 is 2.50 bits per heavy atom. The molecule has 2 atom stereocenters. The zero-order valence-corrected chi connectivity index (χ0v) is 23.1. The molecular formula is C30H34BrN3O4. The number of nitrogens with zero attached hydrogens (tertiary/aromatic N) is 1. The third kappa shape index (κ3) is 6.62. The molecule has 8 heteroatoms. The molecule has 200 valence electrons. The van der Waals surface area contributed by atoms with Gasteiger partial charge in [-0.3, -0.25) is 10.2 Å². The Morgan fingerprint density at radius 1 is 1.05 bits per heavy atom. The molecule has 0 bridgehead atoms. The van der Waals surface area contributed by atoms with Gasteiger partial charge in [-0.15, -0.1) is 0 Å². The summed E-state index contributed by atoms with van der Waals surface area (Å²) in [6.45, 7) is 3.28. The molecule has 3 N–H and O–H groups in total. The molecule has 7 nitrogen and oxygen atoms in total. The summed E-state index contributed by atoms with van der Waals surface area (Å²) >= 11 is 3.67. The van der Waals surface area contributed by atoms with E-state index >= 15 is 0 Å². The van der Waals surface area contributed by atoms with Crippen LogP contribution in [0.3, 0.4) is 0 Å². The van der Waals surface area contributed by atoms with Gasteiger partial charge in [-0.2, -0.15) is 0 Å². The molecule has 0 spiro atoms. The van der Waals surface area contributed by atoms with Crippen molar-refractivity contribution in [2.45, 2.75) is 44.2 Å². The number of unbranched alkanes of at least 4 members (excludes halogenated alkanes) is 1. The molecule has 0 unspecified atom stereocenters. The average Bonchev–Trinajstić information content (AvgIpc) is 3.32. The topological polar surface area (TPSA) is 92.2 Å². The van der Waals surface area contributed by atoms with E-state index < -0.39 is 11.6 Å². The number of benzene rings is 3. The van der Waals surface area contributed by atoms with Gasteiger partial charge in [-0.25, -0.2) is 10.4 Å². The number of carbonyl (C=O) groups excluding carboxylic acids is 1. The van der Waals surface area contributed by atoms with Gasteiger partial charge in [0.2, 0.25) is 5.90 Å². The quantitative estimate of drug-likeness (QED) is 0.193. The lowest BCUT2D eigenvalue weighted by molar-refractivity contribution is -0.130. The van der Waals surface area contributed by atoms with Crippen molar-refractivity contribution in [1.29, 1.82) is 0 Å². The van der Waals surface area contributed by atoms with Crippen molar-refractivity contribution in [2.24, 2.45) is 4.99 Å². The highest BCUT2D eigenvalue weighted by molar-refractivity contribution is 9.10. The van der Waals surface area contributed by atoms with E-state index in [2.05, 4.69) is 33.7 Å². The highest BCUT2D eigenvalue weighted by Crippen LogP contribution is 2.44. The molecule has 1 aliphatic rings. The number of hydrogen-bond acceptors (Lipinski definition) is 6. The normalized spacial score (nSPS) is 18.5. The number of aliphatic hydroxyl groups excluding tert-OH is 1. The predicted molar refractivity (Wildman–Crippen MR) is 152 cm³/mol. The van der Waals surface area contributed by atoms with Crippen molar-refractivity contribution in [3.8, 4) is 5.75 Å². The minimum absolute atomic E-state index is 0.0814. The number of amides is 1. The first-order valence-corrected chi connectivity index (χ1v) is 13.8. The van der Waals surface area contributed by atoms with E-state index in [1.165, 1.54) is 0 Å². The maximum atomic E-state index is 14.0. The summed E-state index contributed by atoms with van der Waals surface area (Å²) in [5.74, 6) is 0.834. The highest BCUT2D eigenvalue weighted by Gasteiger charge is 2.53. The van der Waals surface area contributed by atoms with Crippen molar-refractivity contribution in [3.05, 3.63) is 100 Å². The van der Waals surface area contributed by atoms with Crippen molar-refractivity contribution < 1.29 is 19.4 Å². The van der Waals surface area contributed by atoms with Gasteiger partial charge in [0.05, 0.1) is 6.61 Å². The molecule has 1 aliphatic heterocycles. The molecule has 3 aromatic rings. The van der Waals surface area contributed by atoms with Gasteiger partial charge in [0.25, 0.3) is 5.91 Å². The summed E-state index contributed by atoms with van der Waals surface area (Å²) in [7, 11) is 0. The molecule has 0 aliphatic carbocycles. The Kier molecular flexibility index (Phi) is 9.92. The molecule has 0 saturated heterocycles. The van der Waals surface area contributed by atoms with E-state index in [0.29, 0.717) is 37.6 Å². The zero-order valence-electron chi connectivity index (χ0n) is 21.5. The standard InChI is InChI=1S/C30H34BrN3O4/c1-2-3-18-32-34-29(36)30(21-22-10-5-4-6-11-22)27(25-12-7-8-13-26(25)31)38-28(33-30)23-14-16-24(17-15-23)37-20-9-19-35/h4-8,10-17,27,32,35H,2-3,9,18-21H2,1H3,(H,34,36)/t27-,30-/m0/s1. The van der Waals surface area contributed by atoms with Crippen LogP contribution in [0.15, 0.2) is 88.3 Å². The Balaban J connectivity index is 1.74. The summed E-state index contributed by atoms with van der Waals surface area (Å²) < 4.78 is 13.1. The fourth-order valence-electron chi connectivity index (χ4n) is 4.37. The van der Waals surface area contributed by atoms with Crippen molar-refractivity contribution in [2.75, 3.05) is 19.8 Å². The average molecular weight is 581 g/mol. The van der Waals surface area contributed by atoms with E-state index in [0.717, 1.165) is 34.0 Å². The number of hydrogen-bond donors (Lipinski definition) is 3. The van der Waals surface area contributed by atoms with Gasteiger partial charge in [0, 0.05) is 41.6 Å². The highest BCUT2D eigenvalue weighted by atomic mass is 79.9. The fourth-order valence-corrected chi connectivity index (χ4v) is 4.86. The Morgan fingerprint density at radius 2 is 1.79 bits per heavy atom. The van der Waals surface area contributed by atoms with E-state index in [1.54, 1.807) is 0 Å². The number of aliphatic hydroxyl groups is 1. The molecule has 38 heavy (non-hydrogen) atoms. The van der Waals surface area contributed by atoms with Crippen LogP contribution >= 0.6 is 15.9 Å². The van der Waals surface area contributed by atoms with Crippen LogP contribution in [-0.4, -0.2) is 42.2 Å². The van der Waals surface area contributed by atoms with Crippen LogP contribution < -0.4 is 15.6 Å². The smallest absolute Gasteiger partial charge is 0.266 e. The maximum absolute atomic E-state index is 14.0. The number of nitrogens with one attached hydrogen (secondary N) is 2. The van der Waals surface area contributed by atoms with Gasteiger partial charge in [0.1, 0.15) is 5.75 Å². The first kappa shape index (κ1) is 27.8. The summed E-state index contributed by atoms with van der Waals surface area (Å²) in [6, 6.07) is 25.1. The zero-order chi connectivity index (χ0) is 26.8. The maximum Gasteiger partial charge on any atom is 0.266 e. The van der Waals surface area contributed by atoms with E-state index in [1.807, 2.05) is 78.9 Å². The van der Waals surface area contributed by atoms with Crippen molar-refractivity contribution >= 4 is 27.7 Å². The van der Waals surface area contributed by atoms with Gasteiger partial charge in [0.15, 0.2) is 11.6 Å². The molecule has 0 aromatic heterocycles.